The predicted molar refractivity (Wildman–Crippen MR) is 101 cm³/mol. The average molecular weight is 400 g/mol. The Kier molecular flexibility index (Phi) is 6.45. The maximum Gasteiger partial charge on any atom is 0.244 e. The van der Waals surface area contributed by atoms with Gasteiger partial charge < -0.3 is 5.32 Å². The number of hydrogen-bond acceptors (Lipinski definition) is 5. The Morgan fingerprint density at radius 3 is 2.60 bits per heavy atom. The highest BCUT2D eigenvalue weighted by Gasteiger charge is 2.22. The number of halogens is 1. The van der Waals surface area contributed by atoms with Crippen LogP contribution in [0.3, 0.4) is 0 Å². The molecule has 2 aromatic rings. The number of hydrogen-bond donors (Lipinski definition) is 1. The third kappa shape index (κ3) is 4.94. The summed E-state index contributed by atoms with van der Waals surface area (Å²) < 4.78 is 25.6. The van der Waals surface area contributed by atoms with Gasteiger partial charge in [-0.25, -0.2) is 17.7 Å². The first-order valence-electron chi connectivity index (χ1n) is 7.32. The number of carbonyl (C=O) groups is 1. The highest BCUT2D eigenvalue weighted by Crippen LogP contribution is 2.28. The van der Waals surface area contributed by atoms with Crippen LogP contribution in [0.5, 0.6) is 0 Å². The number of nitrogens with one attached hydrogen (secondary N) is 1. The van der Waals surface area contributed by atoms with Crippen molar-refractivity contribution in [1.29, 1.82) is 0 Å². The Balaban J connectivity index is 2.16. The fourth-order valence-electron chi connectivity index (χ4n) is 1.87. The minimum atomic E-state index is -3.70. The molecule has 0 fully saturated rings. The number of amides is 1. The highest BCUT2D eigenvalue weighted by atomic mass is 35.5. The second-order valence-electron chi connectivity index (χ2n) is 5.35. The van der Waals surface area contributed by atoms with E-state index in [9.17, 15) is 13.2 Å². The van der Waals surface area contributed by atoms with Gasteiger partial charge in [0.25, 0.3) is 0 Å². The fourth-order valence-corrected chi connectivity index (χ4v) is 4.07. The zero-order chi connectivity index (χ0) is 18.6. The molecule has 0 saturated heterocycles. The van der Waals surface area contributed by atoms with E-state index in [0.29, 0.717) is 5.69 Å². The predicted octanol–water partition coefficient (Wildman–Crippen LogP) is 3.10. The first kappa shape index (κ1) is 19.7. The van der Waals surface area contributed by atoms with E-state index in [4.69, 9.17) is 11.6 Å². The van der Waals surface area contributed by atoms with E-state index in [1.807, 2.05) is 12.1 Å². The smallest absolute Gasteiger partial charge is 0.244 e. The number of pyridine rings is 1. The van der Waals surface area contributed by atoms with Gasteiger partial charge in [0.15, 0.2) is 0 Å². The van der Waals surface area contributed by atoms with Crippen LogP contribution in [-0.2, 0) is 14.8 Å². The lowest BCUT2D eigenvalue weighted by molar-refractivity contribution is -0.115. The number of thioether (sulfide) groups is 1. The second kappa shape index (κ2) is 8.18. The number of benzene rings is 1. The monoisotopic (exact) mass is 399 g/mol. The number of sulfonamides is 1. The van der Waals surface area contributed by atoms with Crippen LogP contribution in [0.2, 0.25) is 5.02 Å². The van der Waals surface area contributed by atoms with Gasteiger partial charge in [-0.1, -0.05) is 29.4 Å². The lowest BCUT2D eigenvalue weighted by Gasteiger charge is -2.15. The summed E-state index contributed by atoms with van der Waals surface area (Å²) in [4.78, 5) is 16.5. The minimum Gasteiger partial charge on any atom is -0.325 e. The van der Waals surface area contributed by atoms with E-state index in [2.05, 4.69) is 10.3 Å². The van der Waals surface area contributed by atoms with Crippen LogP contribution in [0.1, 0.15) is 6.92 Å². The maximum absolute atomic E-state index is 12.3. The summed E-state index contributed by atoms with van der Waals surface area (Å²) in [6, 6.07) is 9.83. The molecular weight excluding hydrogens is 382 g/mol. The van der Waals surface area contributed by atoms with Crippen molar-refractivity contribution in [2.75, 3.05) is 19.4 Å². The Morgan fingerprint density at radius 2 is 2.00 bits per heavy atom. The molecule has 0 aliphatic carbocycles. The summed E-state index contributed by atoms with van der Waals surface area (Å²) in [7, 11) is -0.861. The van der Waals surface area contributed by atoms with Gasteiger partial charge in [-0.15, -0.1) is 0 Å². The van der Waals surface area contributed by atoms with Crippen LogP contribution in [0.4, 0.5) is 5.69 Å². The summed E-state index contributed by atoms with van der Waals surface area (Å²) in [6.45, 7) is 1.75. The SMILES string of the molecule is CC(Sc1ccccn1)C(=O)Nc1ccc(Cl)c(S(=O)(=O)N(C)C)c1. The topological polar surface area (TPSA) is 79.4 Å². The molecule has 9 heteroatoms. The lowest BCUT2D eigenvalue weighted by atomic mass is 10.3. The summed E-state index contributed by atoms with van der Waals surface area (Å²) in [6.07, 6.45) is 1.66. The van der Waals surface area contributed by atoms with E-state index in [1.165, 1.54) is 38.0 Å². The average Bonchev–Trinajstić information content (AvgIpc) is 2.57. The first-order valence-corrected chi connectivity index (χ1v) is 10.0. The fraction of sp³-hybridized carbons (Fsp3) is 0.250. The third-order valence-electron chi connectivity index (χ3n) is 3.26. The minimum absolute atomic E-state index is 0.0537. The van der Waals surface area contributed by atoms with E-state index in [0.717, 1.165) is 9.33 Å². The number of anilines is 1. The summed E-state index contributed by atoms with van der Waals surface area (Å²) >= 11 is 7.31. The van der Waals surface area contributed by atoms with E-state index in [1.54, 1.807) is 25.3 Å². The Hall–Kier alpha value is -1.61. The first-order chi connectivity index (χ1) is 11.7. The zero-order valence-corrected chi connectivity index (χ0v) is 16.3. The molecule has 0 saturated carbocycles. The zero-order valence-electron chi connectivity index (χ0n) is 13.9. The van der Waals surface area contributed by atoms with Gasteiger partial charge in [-0.3, -0.25) is 4.79 Å². The largest absolute Gasteiger partial charge is 0.325 e. The molecule has 0 bridgehead atoms. The standard InChI is InChI=1S/C16H18ClN3O3S2/c1-11(24-15-6-4-5-9-18-15)16(21)19-12-7-8-13(17)14(10-12)25(22,23)20(2)3/h4-11H,1-3H3,(H,19,21). The summed E-state index contributed by atoms with van der Waals surface area (Å²) in [5.41, 5.74) is 0.364. The van der Waals surface area contributed by atoms with Crippen molar-refractivity contribution in [3.63, 3.8) is 0 Å². The lowest BCUT2D eigenvalue weighted by Crippen LogP contribution is -2.24. The Morgan fingerprint density at radius 1 is 1.28 bits per heavy atom. The van der Waals surface area contributed by atoms with Crippen LogP contribution in [0.15, 0.2) is 52.5 Å². The molecule has 0 aliphatic heterocycles. The molecule has 1 aromatic heterocycles. The van der Waals surface area contributed by atoms with Crippen molar-refractivity contribution in [1.82, 2.24) is 9.29 Å². The molecule has 0 spiro atoms. The molecule has 2 rings (SSSR count). The molecule has 134 valence electrons. The van der Waals surface area contributed by atoms with E-state index in [-0.39, 0.29) is 15.8 Å². The summed E-state index contributed by atoms with van der Waals surface area (Å²) in [5, 5.41) is 3.14. The van der Waals surface area contributed by atoms with Gasteiger partial charge in [0.05, 0.1) is 15.3 Å². The number of nitrogens with zero attached hydrogens (tertiary/aromatic N) is 2. The van der Waals surface area contributed by atoms with Crippen molar-refractivity contribution in [3.8, 4) is 0 Å². The van der Waals surface area contributed by atoms with Crippen molar-refractivity contribution >= 4 is 45.0 Å². The molecule has 1 N–H and O–H groups in total. The van der Waals surface area contributed by atoms with Crippen LogP contribution in [0.25, 0.3) is 0 Å². The van der Waals surface area contributed by atoms with E-state index >= 15 is 0 Å². The van der Waals surface area contributed by atoms with Gasteiger partial charge in [-0.05, 0) is 37.3 Å². The highest BCUT2D eigenvalue weighted by molar-refractivity contribution is 8.00. The third-order valence-corrected chi connectivity index (χ3v) is 6.61. The van der Waals surface area contributed by atoms with Crippen LogP contribution in [0, 0.1) is 0 Å². The molecule has 1 amide bonds. The van der Waals surface area contributed by atoms with Crippen LogP contribution >= 0.6 is 23.4 Å². The van der Waals surface area contributed by atoms with Gasteiger partial charge >= 0.3 is 0 Å². The number of carbonyl (C=O) groups excluding carboxylic acids is 1. The number of aromatic nitrogens is 1. The van der Waals surface area contributed by atoms with Crippen LogP contribution < -0.4 is 5.32 Å². The molecule has 25 heavy (non-hydrogen) atoms. The molecule has 1 aromatic carbocycles. The molecular formula is C16H18ClN3O3S2. The van der Waals surface area contributed by atoms with Gasteiger partial charge in [0.2, 0.25) is 15.9 Å². The van der Waals surface area contributed by atoms with Gasteiger partial charge in [0.1, 0.15) is 4.90 Å². The second-order valence-corrected chi connectivity index (χ2v) is 9.24. The molecule has 6 nitrogen and oxygen atoms in total. The van der Waals surface area contributed by atoms with Gasteiger partial charge in [0, 0.05) is 26.0 Å². The molecule has 1 unspecified atom stereocenters. The van der Waals surface area contributed by atoms with Crippen molar-refractivity contribution in [2.45, 2.75) is 22.1 Å². The summed E-state index contributed by atoms with van der Waals surface area (Å²) in [5.74, 6) is -0.258. The maximum atomic E-state index is 12.3. The molecule has 1 atom stereocenters. The normalized spacial score (nSPS) is 12.8. The van der Waals surface area contributed by atoms with Crippen LogP contribution in [-0.4, -0.2) is 43.0 Å². The molecule has 0 radical (unpaired) electrons. The quantitative estimate of drug-likeness (QED) is 0.755. The Labute approximate surface area is 156 Å². The number of rotatable bonds is 6. The van der Waals surface area contributed by atoms with E-state index < -0.39 is 15.3 Å². The van der Waals surface area contributed by atoms with Crippen molar-refractivity contribution < 1.29 is 13.2 Å². The molecule has 0 aliphatic rings. The molecule has 1 heterocycles. The van der Waals surface area contributed by atoms with Gasteiger partial charge in [-0.2, -0.15) is 0 Å². The van der Waals surface area contributed by atoms with Crippen molar-refractivity contribution in [3.05, 3.63) is 47.6 Å². The Bertz CT molecular complexity index is 858. The van der Waals surface area contributed by atoms with Crippen molar-refractivity contribution in [2.24, 2.45) is 0 Å².